The predicted octanol–water partition coefficient (Wildman–Crippen LogP) is 2.56. The molecule has 1 aromatic rings. The Bertz CT molecular complexity index is 386. The van der Waals surface area contributed by atoms with Crippen LogP contribution in [0.5, 0.6) is 0 Å². The van der Waals surface area contributed by atoms with Crippen LogP contribution in [0.4, 0.5) is 0 Å². The number of aromatic nitrogens is 2. The molecule has 1 N–H and O–H groups in total. The van der Waals surface area contributed by atoms with Crippen molar-refractivity contribution in [1.82, 2.24) is 15.1 Å². The van der Waals surface area contributed by atoms with Gasteiger partial charge in [0, 0.05) is 7.05 Å². The monoisotopic (exact) mass is 255 g/mol. The van der Waals surface area contributed by atoms with Crippen LogP contribution in [-0.4, -0.2) is 23.4 Å². The van der Waals surface area contributed by atoms with E-state index in [1.807, 2.05) is 25.7 Å². The molecule has 2 rings (SSSR count). The van der Waals surface area contributed by atoms with Crippen LogP contribution in [0.3, 0.4) is 0 Å². The lowest BCUT2D eigenvalue weighted by molar-refractivity contribution is 0.368. The first-order valence-electron chi connectivity index (χ1n) is 6.46. The topological polar surface area (TPSA) is 29.9 Å². The molecule has 1 heterocycles. The smallest absolute Gasteiger partial charge is 0.0847 e. The van der Waals surface area contributed by atoms with E-state index in [2.05, 4.69) is 10.4 Å². The zero-order valence-electron chi connectivity index (χ0n) is 11.0. The first-order valence-corrected chi connectivity index (χ1v) is 6.83. The molecule has 0 spiro atoms. The Balaban J connectivity index is 2.09. The summed E-state index contributed by atoms with van der Waals surface area (Å²) in [6.45, 7) is 3.10. The Hall–Kier alpha value is -0.540. The highest BCUT2D eigenvalue weighted by atomic mass is 35.5. The summed E-state index contributed by atoms with van der Waals surface area (Å²) in [5, 5.41) is 8.56. The van der Waals surface area contributed by atoms with E-state index in [-0.39, 0.29) is 0 Å². The maximum absolute atomic E-state index is 6.32. The molecule has 96 valence electrons. The summed E-state index contributed by atoms with van der Waals surface area (Å²) in [6.07, 6.45) is 5.10. The van der Waals surface area contributed by atoms with Gasteiger partial charge in [0.15, 0.2) is 0 Å². The molecular formula is C13H22ClN3. The van der Waals surface area contributed by atoms with Gasteiger partial charge in [-0.2, -0.15) is 5.10 Å². The second-order valence-electron chi connectivity index (χ2n) is 5.18. The molecule has 0 bridgehead atoms. The molecule has 0 aromatic carbocycles. The molecule has 2 atom stereocenters. The van der Waals surface area contributed by atoms with Gasteiger partial charge in [-0.15, -0.1) is 0 Å². The highest BCUT2D eigenvalue weighted by Crippen LogP contribution is 2.35. The molecule has 1 aromatic heterocycles. The van der Waals surface area contributed by atoms with E-state index in [9.17, 15) is 0 Å². The highest BCUT2D eigenvalue weighted by molar-refractivity contribution is 6.31. The van der Waals surface area contributed by atoms with Crippen LogP contribution < -0.4 is 5.32 Å². The third-order valence-corrected chi connectivity index (χ3v) is 4.49. The van der Waals surface area contributed by atoms with Crippen molar-refractivity contribution in [3.05, 3.63) is 16.4 Å². The fourth-order valence-electron chi connectivity index (χ4n) is 3.06. The Morgan fingerprint density at radius 3 is 2.71 bits per heavy atom. The normalized spacial score (nSPS) is 24.5. The first-order chi connectivity index (χ1) is 8.13. The van der Waals surface area contributed by atoms with Crippen molar-refractivity contribution in [2.45, 2.75) is 32.6 Å². The van der Waals surface area contributed by atoms with Gasteiger partial charge in [-0.05, 0) is 51.6 Å². The van der Waals surface area contributed by atoms with Gasteiger partial charge in [-0.1, -0.05) is 18.0 Å². The lowest BCUT2D eigenvalue weighted by Gasteiger charge is -2.19. The quantitative estimate of drug-likeness (QED) is 0.896. The maximum atomic E-state index is 6.32. The van der Waals surface area contributed by atoms with Crippen LogP contribution in [-0.2, 0) is 13.5 Å². The number of rotatable bonds is 4. The fourth-order valence-corrected chi connectivity index (χ4v) is 3.30. The zero-order chi connectivity index (χ0) is 12.4. The molecule has 0 saturated heterocycles. The molecule has 1 aliphatic rings. The van der Waals surface area contributed by atoms with E-state index < -0.39 is 0 Å². The van der Waals surface area contributed by atoms with Crippen molar-refractivity contribution in [2.75, 3.05) is 13.6 Å². The van der Waals surface area contributed by atoms with Gasteiger partial charge in [0.05, 0.1) is 16.4 Å². The molecule has 0 aliphatic heterocycles. The van der Waals surface area contributed by atoms with Crippen LogP contribution in [0.15, 0.2) is 0 Å². The summed E-state index contributed by atoms with van der Waals surface area (Å²) >= 11 is 6.32. The SMILES string of the molecule is CNCC1CCCC1Cc1c(Cl)c(C)nn1C. The second kappa shape index (κ2) is 5.40. The Kier molecular flexibility index (Phi) is 4.10. The average Bonchev–Trinajstić information content (AvgIpc) is 2.81. The summed E-state index contributed by atoms with van der Waals surface area (Å²) < 4.78 is 1.95. The minimum absolute atomic E-state index is 0.759. The van der Waals surface area contributed by atoms with E-state index in [0.717, 1.165) is 35.5 Å². The molecule has 0 amide bonds. The van der Waals surface area contributed by atoms with Crippen LogP contribution in [0.1, 0.15) is 30.7 Å². The minimum atomic E-state index is 0.759. The number of halogens is 1. The summed E-state index contributed by atoms with van der Waals surface area (Å²) in [5.41, 5.74) is 2.16. The van der Waals surface area contributed by atoms with Crippen molar-refractivity contribution in [3.63, 3.8) is 0 Å². The van der Waals surface area contributed by atoms with Crippen LogP contribution in [0.2, 0.25) is 5.02 Å². The Labute approximate surface area is 109 Å². The van der Waals surface area contributed by atoms with E-state index in [1.54, 1.807) is 0 Å². The standard InChI is InChI=1S/C13H22ClN3/c1-9-13(14)12(17(3)16-9)7-10-5-4-6-11(10)8-15-2/h10-11,15H,4-8H2,1-3H3. The van der Waals surface area contributed by atoms with Gasteiger partial charge < -0.3 is 5.32 Å². The molecule has 1 fully saturated rings. The third-order valence-electron chi connectivity index (χ3n) is 4.00. The van der Waals surface area contributed by atoms with Crippen molar-refractivity contribution in [2.24, 2.45) is 18.9 Å². The Morgan fingerprint density at radius 1 is 1.41 bits per heavy atom. The molecular weight excluding hydrogens is 234 g/mol. The number of nitrogens with zero attached hydrogens (tertiary/aromatic N) is 2. The fraction of sp³-hybridized carbons (Fsp3) is 0.769. The maximum Gasteiger partial charge on any atom is 0.0847 e. The van der Waals surface area contributed by atoms with Crippen molar-refractivity contribution < 1.29 is 0 Å². The van der Waals surface area contributed by atoms with E-state index in [0.29, 0.717) is 0 Å². The highest BCUT2D eigenvalue weighted by Gasteiger charge is 2.28. The zero-order valence-corrected chi connectivity index (χ0v) is 11.7. The number of hydrogen-bond donors (Lipinski definition) is 1. The molecule has 1 aliphatic carbocycles. The molecule has 17 heavy (non-hydrogen) atoms. The predicted molar refractivity (Wildman–Crippen MR) is 71.4 cm³/mol. The van der Waals surface area contributed by atoms with Gasteiger partial charge in [0.1, 0.15) is 0 Å². The summed E-state index contributed by atoms with van der Waals surface area (Å²) in [6, 6.07) is 0. The minimum Gasteiger partial charge on any atom is -0.319 e. The molecule has 0 radical (unpaired) electrons. The van der Waals surface area contributed by atoms with Crippen molar-refractivity contribution >= 4 is 11.6 Å². The van der Waals surface area contributed by atoms with Crippen LogP contribution in [0, 0.1) is 18.8 Å². The van der Waals surface area contributed by atoms with Crippen LogP contribution in [0.25, 0.3) is 0 Å². The molecule has 4 heteroatoms. The van der Waals surface area contributed by atoms with Gasteiger partial charge in [0.2, 0.25) is 0 Å². The Morgan fingerprint density at radius 2 is 2.12 bits per heavy atom. The van der Waals surface area contributed by atoms with Gasteiger partial charge in [0.25, 0.3) is 0 Å². The van der Waals surface area contributed by atoms with Gasteiger partial charge in [-0.25, -0.2) is 0 Å². The summed E-state index contributed by atoms with van der Waals surface area (Å²) in [4.78, 5) is 0. The van der Waals surface area contributed by atoms with Crippen molar-refractivity contribution in [3.8, 4) is 0 Å². The van der Waals surface area contributed by atoms with Gasteiger partial charge in [-0.3, -0.25) is 4.68 Å². The number of nitrogens with one attached hydrogen (secondary N) is 1. The number of hydrogen-bond acceptors (Lipinski definition) is 2. The third kappa shape index (κ3) is 2.66. The van der Waals surface area contributed by atoms with E-state index in [1.165, 1.54) is 25.0 Å². The second-order valence-corrected chi connectivity index (χ2v) is 5.56. The summed E-state index contributed by atoms with van der Waals surface area (Å²) in [5.74, 6) is 1.56. The van der Waals surface area contributed by atoms with Crippen molar-refractivity contribution in [1.29, 1.82) is 0 Å². The lowest BCUT2D eigenvalue weighted by Crippen LogP contribution is -2.23. The summed E-state index contributed by atoms with van der Waals surface area (Å²) in [7, 11) is 4.03. The first kappa shape index (κ1) is 12.9. The average molecular weight is 256 g/mol. The molecule has 1 saturated carbocycles. The van der Waals surface area contributed by atoms with Gasteiger partial charge >= 0.3 is 0 Å². The number of aryl methyl sites for hydroxylation is 2. The lowest BCUT2D eigenvalue weighted by atomic mass is 9.91. The molecule has 3 nitrogen and oxygen atoms in total. The van der Waals surface area contributed by atoms with Crippen LogP contribution >= 0.6 is 11.6 Å². The van der Waals surface area contributed by atoms with E-state index >= 15 is 0 Å². The largest absolute Gasteiger partial charge is 0.319 e. The van der Waals surface area contributed by atoms with E-state index in [4.69, 9.17) is 11.6 Å². The molecule has 2 unspecified atom stereocenters.